The summed E-state index contributed by atoms with van der Waals surface area (Å²) in [6, 6.07) is 3.19. The summed E-state index contributed by atoms with van der Waals surface area (Å²) >= 11 is 1.75. The van der Waals surface area contributed by atoms with Gasteiger partial charge in [0.2, 0.25) is 0 Å². The van der Waals surface area contributed by atoms with Crippen LogP contribution in [0.4, 0.5) is 5.82 Å². The fourth-order valence-corrected chi connectivity index (χ4v) is 4.15. The zero-order valence-corrected chi connectivity index (χ0v) is 13.7. The van der Waals surface area contributed by atoms with Gasteiger partial charge in [-0.25, -0.2) is 9.97 Å². The van der Waals surface area contributed by atoms with Crippen molar-refractivity contribution >= 4 is 27.4 Å². The Hall–Kier alpha value is -1.20. The van der Waals surface area contributed by atoms with Crippen molar-refractivity contribution in [1.29, 1.82) is 0 Å². The molecule has 4 nitrogen and oxygen atoms in total. The summed E-state index contributed by atoms with van der Waals surface area (Å²) in [5.41, 5.74) is 6.06. The van der Waals surface area contributed by atoms with E-state index in [0.29, 0.717) is 12.1 Å². The lowest BCUT2D eigenvalue weighted by atomic mass is 9.90. The molecule has 2 aromatic heterocycles. The molecule has 5 heteroatoms. The van der Waals surface area contributed by atoms with Crippen LogP contribution in [-0.2, 0) is 0 Å². The predicted octanol–water partition coefficient (Wildman–Crippen LogP) is 3.49. The molecule has 2 heterocycles. The monoisotopic (exact) mass is 304 g/mol. The van der Waals surface area contributed by atoms with Crippen molar-refractivity contribution in [1.82, 2.24) is 9.97 Å². The van der Waals surface area contributed by atoms with Gasteiger partial charge in [-0.15, -0.1) is 11.3 Å². The molecule has 0 atom stereocenters. The summed E-state index contributed by atoms with van der Waals surface area (Å²) in [6.07, 6.45) is 7.46. The second kappa shape index (κ2) is 6.28. The number of thiophene rings is 1. The Labute approximate surface area is 130 Å². The number of rotatable bonds is 4. The summed E-state index contributed by atoms with van der Waals surface area (Å²) in [7, 11) is 0. The molecular formula is C16H24N4S. The number of aromatic nitrogens is 2. The number of nitrogens with zero attached hydrogens (tertiary/aromatic N) is 3. The molecule has 0 aliphatic heterocycles. The Morgan fingerprint density at radius 3 is 2.76 bits per heavy atom. The molecule has 1 saturated carbocycles. The number of aryl methyl sites for hydroxylation is 1. The van der Waals surface area contributed by atoms with Crippen molar-refractivity contribution in [3.63, 3.8) is 0 Å². The first-order valence-corrected chi connectivity index (χ1v) is 8.74. The van der Waals surface area contributed by atoms with E-state index in [2.05, 4.69) is 34.8 Å². The second-order valence-corrected chi connectivity index (χ2v) is 7.27. The Bertz CT molecular complexity index is 601. The molecule has 0 spiro atoms. The van der Waals surface area contributed by atoms with Gasteiger partial charge in [-0.1, -0.05) is 6.92 Å². The minimum atomic E-state index is 0.388. The Balaban J connectivity index is 1.95. The molecular weight excluding hydrogens is 280 g/mol. The number of hydrogen-bond donors (Lipinski definition) is 1. The van der Waals surface area contributed by atoms with E-state index in [1.54, 1.807) is 17.7 Å². The Morgan fingerprint density at radius 1 is 1.29 bits per heavy atom. The van der Waals surface area contributed by atoms with Gasteiger partial charge in [0.05, 0.1) is 5.39 Å². The van der Waals surface area contributed by atoms with Crippen molar-refractivity contribution in [3.05, 3.63) is 17.3 Å². The maximum absolute atomic E-state index is 6.06. The maximum Gasteiger partial charge on any atom is 0.141 e. The highest BCUT2D eigenvalue weighted by Gasteiger charge is 2.26. The lowest BCUT2D eigenvalue weighted by molar-refractivity contribution is 0.374. The third-order valence-corrected chi connectivity index (χ3v) is 5.31. The molecule has 21 heavy (non-hydrogen) atoms. The maximum atomic E-state index is 6.06. The highest BCUT2D eigenvalue weighted by molar-refractivity contribution is 7.18. The molecule has 114 valence electrons. The smallest absolute Gasteiger partial charge is 0.141 e. The average molecular weight is 304 g/mol. The minimum Gasteiger partial charge on any atom is -0.353 e. The second-order valence-electron chi connectivity index (χ2n) is 6.04. The molecule has 2 aromatic rings. The SMILES string of the molecule is CCCN(c1ncnc2sc(C)cc12)C1CCC(N)CC1. The molecule has 1 fully saturated rings. The summed E-state index contributed by atoms with van der Waals surface area (Å²) in [4.78, 5) is 14.0. The van der Waals surface area contributed by atoms with Crippen molar-refractivity contribution in [2.24, 2.45) is 5.73 Å². The Kier molecular flexibility index (Phi) is 4.40. The quantitative estimate of drug-likeness (QED) is 0.939. The van der Waals surface area contributed by atoms with E-state index in [0.717, 1.165) is 36.5 Å². The molecule has 0 amide bonds. The molecule has 3 rings (SSSR count). The van der Waals surface area contributed by atoms with Crippen LogP contribution in [0.25, 0.3) is 10.2 Å². The van der Waals surface area contributed by atoms with E-state index in [1.807, 2.05) is 0 Å². The van der Waals surface area contributed by atoms with Gasteiger partial charge in [0.15, 0.2) is 0 Å². The average Bonchev–Trinajstić information content (AvgIpc) is 2.86. The summed E-state index contributed by atoms with van der Waals surface area (Å²) < 4.78 is 0. The fourth-order valence-electron chi connectivity index (χ4n) is 3.31. The van der Waals surface area contributed by atoms with Crippen LogP contribution in [0.2, 0.25) is 0 Å². The Morgan fingerprint density at radius 2 is 2.05 bits per heavy atom. The third-order valence-electron chi connectivity index (χ3n) is 4.35. The zero-order chi connectivity index (χ0) is 14.8. The lowest BCUT2D eigenvalue weighted by Crippen LogP contribution is -2.42. The number of hydrogen-bond acceptors (Lipinski definition) is 5. The molecule has 1 aliphatic carbocycles. The molecule has 2 N–H and O–H groups in total. The van der Waals surface area contributed by atoms with Crippen LogP contribution in [0.1, 0.15) is 43.9 Å². The van der Waals surface area contributed by atoms with E-state index in [1.165, 1.54) is 23.1 Å². The van der Waals surface area contributed by atoms with Crippen LogP contribution in [0.5, 0.6) is 0 Å². The summed E-state index contributed by atoms with van der Waals surface area (Å²) in [6.45, 7) is 5.43. The van der Waals surface area contributed by atoms with Crippen LogP contribution in [0.3, 0.4) is 0 Å². The van der Waals surface area contributed by atoms with Gasteiger partial charge in [0.25, 0.3) is 0 Å². The van der Waals surface area contributed by atoms with E-state index in [9.17, 15) is 0 Å². The van der Waals surface area contributed by atoms with Crippen LogP contribution in [-0.4, -0.2) is 28.6 Å². The molecule has 1 aliphatic rings. The van der Waals surface area contributed by atoms with E-state index < -0.39 is 0 Å². The van der Waals surface area contributed by atoms with Crippen molar-refractivity contribution in [2.75, 3.05) is 11.4 Å². The number of nitrogens with two attached hydrogens (primary N) is 1. The van der Waals surface area contributed by atoms with Crippen LogP contribution in [0, 0.1) is 6.92 Å². The van der Waals surface area contributed by atoms with Crippen LogP contribution < -0.4 is 10.6 Å². The summed E-state index contributed by atoms with van der Waals surface area (Å²) in [5.74, 6) is 1.12. The predicted molar refractivity (Wildman–Crippen MR) is 90.0 cm³/mol. The third kappa shape index (κ3) is 3.04. The zero-order valence-electron chi connectivity index (χ0n) is 12.9. The molecule has 0 aromatic carbocycles. The van der Waals surface area contributed by atoms with Gasteiger partial charge in [-0.05, 0) is 45.1 Å². The first-order chi connectivity index (χ1) is 10.2. The topological polar surface area (TPSA) is 55.0 Å². The van der Waals surface area contributed by atoms with E-state index in [4.69, 9.17) is 5.73 Å². The van der Waals surface area contributed by atoms with Crippen molar-refractivity contribution in [3.8, 4) is 0 Å². The van der Waals surface area contributed by atoms with Crippen LogP contribution >= 0.6 is 11.3 Å². The summed E-state index contributed by atoms with van der Waals surface area (Å²) in [5, 5.41) is 1.21. The largest absolute Gasteiger partial charge is 0.353 e. The first kappa shape index (κ1) is 14.7. The standard InChI is InChI=1S/C16H24N4S/c1-3-8-20(13-6-4-12(17)5-7-13)15-14-9-11(2)21-16(14)19-10-18-15/h9-10,12-13H,3-8,17H2,1-2H3. The lowest BCUT2D eigenvalue weighted by Gasteiger charge is -2.37. The van der Waals surface area contributed by atoms with Gasteiger partial charge in [-0.3, -0.25) is 0 Å². The van der Waals surface area contributed by atoms with Crippen molar-refractivity contribution < 1.29 is 0 Å². The number of fused-ring (bicyclic) bond motifs is 1. The van der Waals surface area contributed by atoms with Gasteiger partial charge < -0.3 is 10.6 Å². The highest BCUT2D eigenvalue weighted by Crippen LogP contribution is 2.33. The van der Waals surface area contributed by atoms with Gasteiger partial charge in [0, 0.05) is 23.5 Å². The van der Waals surface area contributed by atoms with Gasteiger partial charge >= 0.3 is 0 Å². The minimum absolute atomic E-state index is 0.388. The normalized spacial score (nSPS) is 22.6. The fraction of sp³-hybridized carbons (Fsp3) is 0.625. The van der Waals surface area contributed by atoms with Gasteiger partial charge in [0.1, 0.15) is 17.0 Å². The molecule has 0 radical (unpaired) electrons. The van der Waals surface area contributed by atoms with Gasteiger partial charge in [-0.2, -0.15) is 0 Å². The van der Waals surface area contributed by atoms with Crippen molar-refractivity contribution in [2.45, 2.75) is 58.0 Å². The molecule has 0 unspecified atom stereocenters. The van der Waals surface area contributed by atoms with E-state index >= 15 is 0 Å². The number of anilines is 1. The molecule has 0 saturated heterocycles. The highest BCUT2D eigenvalue weighted by atomic mass is 32.1. The van der Waals surface area contributed by atoms with Crippen LogP contribution in [0.15, 0.2) is 12.4 Å². The first-order valence-electron chi connectivity index (χ1n) is 7.92. The van der Waals surface area contributed by atoms with E-state index in [-0.39, 0.29) is 0 Å². The molecule has 0 bridgehead atoms.